The molecule has 0 saturated heterocycles. The van der Waals surface area contributed by atoms with Crippen LogP contribution in [0.1, 0.15) is 31.0 Å². The molecule has 0 saturated carbocycles. The van der Waals surface area contributed by atoms with Crippen molar-refractivity contribution >= 4 is 16.7 Å². The van der Waals surface area contributed by atoms with Gasteiger partial charge in [-0.3, -0.25) is 9.59 Å². The lowest BCUT2D eigenvalue weighted by Crippen LogP contribution is -2.38. The molecule has 3 N–H and O–H groups in total. The average molecular weight is 343 g/mol. The van der Waals surface area contributed by atoms with Crippen LogP contribution in [0.25, 0.3) is 10.8 Å². The SMILES string of the molecule is CC(CO)NCCCC(=O)N1CCc2[nH]c(=O)c3ccccc3c2C1. The van der Waals surface area contributed by atoms with Crippen molar-refractivity contribution in [1.82, 2.24) is 15.2 Å². The third-order valence-electron chi connectivity index (χ3n) is 4.79. The molecular formula is C19H25N3O3. The lowest BCUT2D eigenvalue weighted by molar-refractivity contribution is -0.132. The number of carbonyl (C=O) groups excluding carboxylic acids is 1. The number of benzene rings is 1. The van der Waals surface area contributed by atoms with Crippen molar-refractivity contribution < 1.29 is 9.90 Å². The molecule has 1 aromatic heterocycles. The van der Waals surface area contributed by atoms with Crippen LogP contribution in [0.15, 0.2) is 29.1 Å². The second-order valence-corrected chi connectivity index (χ2v) is 6.66. The summed E-state index contributed by atoms with van der Waals surface area (Å²) in [6.07, 6.45) is 1.92. The summed E-state index contributed by atoms with van der Waals surface area (Å²) in [7, 11) is 0. The summed E-state index contributed by atoms with van der Waals surface area (Å²) in [5, 5.41) is 13.8. The second-order valence-electron chi connectivity index (χ2n) is 6.66. The molecule has 6 nitrogen and oxygen atoms in total. The van der Waals surface area contributed by atoms with E-state index >= 15 is 0 Å². The van der Waals surface area contributed by atoms with Crippen LogP contribution in [0.4, 0.5) is 0 Å². The molecule has 1 aliphatic heterocycles. The third kappa shape index (κ3) is 3.91. The zero-order valence-corrected chi connectivity index (χ0v) is 14.5. The van der Waals surface area contributed by atoms with Gasteiger partial charge in [0.05, 0.1) is 6.61 Å². The summed E-state index contributed by atoms with van der Waals surface area (Å²) in [6.45, 7) is 3.91. The fourth-order valence-electron chi connectivity index (χ4n) is 3.32. The highest BCUT2D eigenvalue weighted by Crippen LogP contribution is 2.24. The minimum absolute atomic E-state index is 0.0557. The van der Waals surface area contributed by atoms with Gasteiger partial charge < -0.3 is 20.3 Å². The molecule has 1 aromatic carbocycles. The van der Waals surface area contributed by atoms with Crippen molar-refractivity contribution in [3.05, 3.63) is 45.9 Å². The van der Waals surface area contributed by atoms with Gasteiger partial charge in [0.15, 0.2) is 0 Å². The highest BCUT2D eigenvalue weighted by Gasteiger charge is 2.23. The number of aliphatic hydroxyl groups excluding tert-OH is 1. The smallest absolute Gasteiger partial charge is 0.256 e. The first kappa shape index (κ1) is 17.6. The Bertz CT molecular complexity index is 815. The van der Waals surface area contributed by atoms with Gasteiger partial charge in [0, 0.05) is 43.1 Å². The summed E-state index contributed by atoms with van der Waals surface area (Å²) in [5.74, 6) is 0.138. The van der Waals surface area contributed by atoms with Crippen LogP contribution >= 0.6 is 0 Å². The molecule has 25 heavy (non-hydrogen) atoms. The Morgan fingerprint density at radius 3 is 2.88 bits per heavy atom. The summed E-state index contributed by atoms with van der Waals surface area (Å²) in [5.41, 5.74) is 1.95. The van der Waals surface area contributed by atoms with Crippen LogP contribution in [0.5, 0.6) is 0 Å². The zero-order chi connectivity index (χ0) is 17.8. The number of nitrogens with one attached hydrogen (secondary N) is 2. The molecule has 0 radical (unpaired) electrons. The zero-order valence-electron chi connectivity index (χ0n) is 14.5. The number of aromatic amines is 1. The summed E-state index contributed by atoms with van der Waals surface area (Å²) < 4.78 is 0. The number of rotatable bonds is 6. The van der Waals surface area contributed by atoms with Gasteiger partial charge in [-0.15, -0.1) is 0 Å². The number of carbonyl (C=O) groups is 1. The quantitative estimate of drug-likeness (QED) is 0.687. The molecule has 134 valence electrons. The molecule has 0 bridgehead atoms. The average Bonchev–Trinajstić information content (AvgIpc) is 2.65. The Morgan fingerprint density at radius 2 is 2.12 bits per heavy atom. The number of amides is 1. The van der Waals surface area contributed by atoms with Crippen molar-refractivity contribution in [2.24, 2.45) is 0 Å². The fraction of sp³-hybridized carbons (Fsp3) is 0.474. The van der Waals surface area contributed by atoms with E-state index in [1.165, 1.54) is 0 Å². The molecule has 0 aliphatic carbocycles. The predicted octanol–water partition coefficient (Wildman–Crippen LogP) is 1.16. The topological polar surface area (TPSA) is 85.4 Å². The maximum absolute atomic E-state index is 12.5. The van der Waals surface area contributed by atoms with Gasteiger partial charge in [-0.05, 0) is 36.9 Å². The number of pyridine rings is 1. The highest BCUT2D eigenvalue weighted by atomic mass is 16.3. The predicted molar refractivity (Wildman–Crippen MR) is 97.5 cm³/mol. The Kier molecular flexibility index (Phi) is 5.50. The first-order valence-corrected chi connectivity index (χ1v) is 8.85. The number of H-pyrrole nitrogens is 1. The van der Waals surface area contributed by atoms with E-state index in [-0.39, 0.29) is 24.1 Å². The summed E-state index contributed by atoms with van der Waals surface area (Å²) in [4.78, 5) is 29.5. The van der Waals surface area contributed by atoms with E-state index in [1.54, 1.807) is 0 Å². The molecule has 0 fully saturated rings. The van der Waals surface area contributed by atoms with Crippen LogP contribution in [0.3, 0.4) is 0 Å². The van der Waals surface area contributed by atoms with E-state index in [0.717, 1.165) is 23.1 Å². The van der Waals surface area contributed by atoms with E-state index < -0.39 is 0 Å². The lowest BCUT2D eigenvalue weighted by atomic mass is 9.98. The van der Waals surface area contributed by atoms with Gasteiger partial charge in [-0.1, -0.05) is 18.2 Å². The maximum atomic E-state index is 12.5. The minimum Gasteiger partial charge on any atom is -0.395 e. The van der Waals surface area contributed by atoms with Gasteiger partial charge in [0.25, 0.3) is 5.56 Å². The van der Waals surface area contributed by atoms with Crippen molar-refractivity contribution in [2.45, 2.75) is 38.8 Å². The number of hydrogen-bond acceptors (Lipinski definition) is 4. The molecule has 1 aliphatic rings. The number of aromatic nitrogens is 1. The first-order chi connectivity index (χ1) is 12.1. The Labute approximate surface area is 146 Å². The van der Waals surface area contributed by atoms with E-state index in [9.17, 15) is 9.59 Å². The van der Waals surface area contributed by atoms with Crippen molar-refractivity contribution in [2.75, 3.05) is 19.7 Å². The van der Waals surface area contributed by atoms with Gasteiger partial charge in [0.1, 0.15) is 0 Å². The van der Waals surface area contributed by atoms with Crippen molar-refractivity contribution in [1.29, 1.82) is 0 Å². The number of hydrogen-bond donors (Lipinski definition) is 3. The number of fused-ring (bicyclic) bond motifs is 3. The third-order valence-corrected chi connectivity index (χ3v) is 4.79. The summed E-state index contributed by atoms with van der Waals surface area (Å²) in [6, 6.07) is 7.62. The molecular weight excluding hydrogens is 318 g/mol. The standard InChI is InChI=1S/C19H25N3O3/c1-13(12-23)20-9-4-7-18(24)22-10-8-17-16(11-22)14-5-2-3-6-15(14)19(25)21-17/h2-3,5-6,13,20,23H,4,7-12H2,1H3,(H,21,25). The molecule has 2 heterocycles. The van der Waals surface area contributed by atoms with Crippen LogP contribution in [-0.2, 0) is 17.8 Å². The van der Waals surface area contributed by atoms with Gasteiger partial charge in [-0.25, -0.2) is 0 Å². The van der Waals surface area contributed by atoms with Crippen LogP contribution in [0, 0.1) is 0 Å². The molecule has 1 atom stereocenters. The van der Waals surface area contributed by atoms with Crippen molar-refractivity contribution in [3.8, 4) is 0 Å². The molecule has 1 unspecified atom stereocenters. The highest BCUT2D eigenvalue weighted by molar-refractivity contribution is 5.86. The van der Waals surface area contributed by atoms with Crippen LogP contribution in [0.2, 0.25) is 0 Å². The van der Waals surface area contributed by atoms with E-state index in [0.29, 0.717) is 37.9 Å². The largest absolute Gasteiger partial charge is 0.395 e. The fourth-order valence-corrected chi connectivity index (χ4v) is 3.32. The number of aliphatic hydroxyl groups is 1. The van der Waals surface area contributed by atoms with Gasteiger partial charge in [0.2, 0.25) is 5.91 Å². The summed E-state index contributed by atoms with van der Waals surface area (Å²) >= 11 is 0. The van der Waals surface area contributed by atoms with Gasteiger partial charge >= 0.3 is 0 Å². The molecule has 2 aromatic rings. The van der Waals surface area contributed by atoms with E-state index in [1.807, 2.05) is 36.1 Å². The Balaban J connectivity index is 1.67. The minimum atomic E-state index is -0.0572. The van der Waals surface area contributed by atoms with Crippen LogP contribution < -0.4 is 10.9 Å². The molecule has 1 amide bonds. The molecule has 3 rings (SSSR count). The lowest BCUT2D eigenvalue weighted by Gasteiger charge is -2.29. The Morgan fingerprint density at radius 1 is 1.36 bits per heavy atom. The molecule has 6 heteroatoms. The van der Waals surface area contributed by atoms with Crippen molar-refractivity contribution in [3.63, 3.8) is 0 Å². The number of nitrogens with zero attached hydrogens (tertiary/aromatic N) is 1. The maximum Gasteiger partial charge on any atom is 0.256 e. The van der Waals surface area contributed by atoms with E-state index in [4.69, 9.17) is 5.11 Å². The Hall–Kier alpha value is -2.18. The van der Waals surface area contributed by atoms with Gasteiger partial charge in [-0.2, -0.15) is 0 Å². The first-order valence-electron chi connectivity index (χ1n) is 8.85. The second kappa shape index (κ2) is 7.80. The molecule has 0 spiro atoms. The van der Waals surface area contributed by atoms with E-state index in [2.05, 4.69) is 10.3 Å². The monoisotopic (exact) mass is 343 g/mol. The van der Waals surface area contributed by atoms with Crippen LogP contribution in [-0.4, -0.2) is 46.6 Å². The normalized spacial score (nSPS) is 15.2.